The quantitative estimate of drug-likeness (QED) is 0.430. The lowest BCUT2D eigenvalue weighted by molar-refractivity contribution is 0.0640. The highest BCUT2D eigenvalue weighted by Gasteiger charge is 2.35. The van der Waals surface area contributed by atoms with Gasteiger partial charge in [0.1, 0.15) is 5.75 Å². The Morgan fingerprint density at radius 3 is 2.18 bits per heavy atom. The second-order valence-electron chi connectivity index (χ2n) is 7.41. The van der Waals surface area contributed by atoms with E-state index >= 15 is 0 Å². The first-order chi connectivity index (χ1) is 16.0. The largest absolute Gasteiger partial charge is 0.507 e. The Hall–Kier alpha value is -4.30. The molecular weight excluding hydrogens is 438 g/mol. The van der Waals surface area contributed by atoms with Gasteiger partial charge in [0.05, 0.1) is 23.4 Å². The van der Waals surface area contributed by atoms with E-state index in [0.29, 0.717) is 38.6 Å². The Balaban J connectivity index is 1.37. The Labute approximate surface area is 193 Å². The number of nitrogens with one attached hydrogen (secondary N) is 1. The van der Waals surface area contributed by atoms with Crippen molar-refractivity contribution in [1.82, 2.24) is 9.88 Å². The molecular formula is C25H17N3O4S. The van der Waals surface area contributed by atoms with Crippen molar-refractivity contribution in [2.75, 3.05) is 5.32 Å². The molecule has 0 spiro atoms. The summed E-state index contributed by atoms with van der Waals surface area (Å²) in [6.07, 6.45) is 0. The van der Waals surface area contributed by atoms with Crippen molar-refractivity contribution < 1.29 is 19.5 Å². The van der Waals surface area contributed by atoms with E-state index in [-0.39, 0.29) is 24.1 Å². The van der Waals surface area contributed by atoms with Crippen LogP contribution in [0, 0.1) is 0 Å². The molecule has 0 unspecified atom stereocenters. The summed E-state index contributed by atoms with van der Waals surface area (Å²) in [5, 5.41) is 14.9. The van der Waals surface area contributed by atoms with Crippen LogP contribution in [0.3, 0.4) is 0 Å². The predicted octanol–water partition coefficient (Wildman–Crippen LogP) is 4.56. The van der Waals surface area contributed by atoms with Gasteiger partial charge in [-0.1, -0.05) is 42.5 Å². The van der Waals surface area contributed by atoms with Gasteiger partial charge in [-0.2, -0.15) is 0 Å². The first kappa shape index (κ1) is 20.6. The number of phenols is 1. The molecule has 0 atom stereocenters. The Kier molecular flexibility index (Phi) is 5.20. The van der Waals surface area contributed by atoms with E-state index in [1.165, 1.54) is 11.3 Å². The molecule has 3 amide bonds. The van der Waals surface area contributed by atoms with E-state index in [0.717, 1.165) is 4.90 Å². The molecule has 2 heterocycles. The standard InChI is InChI=1S/C25H17N3O4S/c29-21-12-6-5-11-19(21)20-14-33-25(26-20)27-22(30)16-8-2-1-7-15(16)13-28-23(31)17-9-3-4-10-18(17)24(28)32/h1-12,14,29H,13H2,(H,26,27,30). The number of thiazole rings is 1. The zero-order valence-electron chi connectivity index (χ0n) is 17.2. The van der Waals surface area contributed by atoms with E-state index in [4.69, 9.17) is 0 Å². The fraction of sp³-hybridized carbons (Fsp3) is 0.0400. The van der Waals surface area contributed by atoms with Gasteiger partial charge in [0, 0.05) is 16.5 Å². The van der Waals surface area contributed by atoms with Crippen LogP contribution in [0.4, 0.5) is 5.13 Å². The lowest BCUT2D eigenvalue weighted by Gasteiger charge is -2.16. The third-order valence-electron chi connectivity index (χ3n) is 5.37. The lowest BCUT2D eigenvalue weighted by atomic mass is 10.1. The second kappa shape index (κ2) is 8.33. The molecule has 0 radical (unpaired) electrons. The molecule has 1 aromatic heterocycles. The average Bonchev–Trinajstić information content (AvgIpc) is 3.38. The Bertz CT molecular complexity index is 1380. The van der Waals surface area contributed by atoms with Crippen molar-refractivity contribution in [3.8, 4) is 17.0 Å². The summed E-state index contributed by atoms with van der Waals surface area (Å²) in [6.45, 7) is -0.0169. The van der Waals surface area contributed by atoms with Gasteiger partial charge in [0.25, 0.3) is 17.7 Å². The Morgan fingerprint density at radius 1 is 0.879 bits per heavy atom. The van der Waals surface area contributed by atoms with Crippen molar-refractivity contribution in [2.24, 2.45) is 0 Å². The van der Waals surface area contributed by atoms with Gasteiger partial charge in [-0.3, -0.25) is 24.6 Å². The average molecular weight is 455 g/mol. The number of imide groups is 1. The molecule has 8 heteroatoms. The summed E-state index contributed by atoms with van der Waals surface area (Å²) in [5.74, 6) is -1.05. The summed E-state index contributed by atoms with van der Waals surface area (Å²) in [6, 6.07) is 20.3. The van der Waals surface area contributed by atoms with Crippen LogP contribution in [0.5, 0.6) is 5.75 Å². The molecule has 33 heavy (non-hydrogen) atoms. The van der Waals surface area contributed by atoms with Gasteiger partial charge in [0.2, 0.25) is 0 Å². The first-order valence-corrected chi connectivity index (χ1v) is 11.0. The van der Waals surface area contributed by atoms with Crippen molar-refractivity contribution >= 4 is 34.2 Å². The minimum Gasteiger partial charge on any atom is -0.507 e. The number of carbonyl (C=O) groups is 3. The molecule has 0 saturated carbocycles. The van der Waals surface area contributed by atoms with E-state index in [9.17, 15) is 19.5 Å². The van der Waals surface area contributed by atoms with Crippen LogP contribution in [0.15, 0.2) is 78.2 Å². The molecule has 0 fully saturated rings. The number of amides is 3. The van der Waals surface area contributed by atoms with Crippen molar-refractivity contribution in [1.29, 1.82) is 0 Å². The van der Waals surface area contributed by atoms with Gasteiger partial charge < -0.3 is 5.11 Å². The third kappa shape index (κ3) is 3.77. The molecule has 0 bridgehead atoms. The van der Waals surface area contributed by atoms with E-state index < -0.39 is 5.91 Å². The second-order valence-corrected chi connectivity index (χ2v) is 8.27. The Morgan fingerprint density at radius 2 is 1.48 bits per heavy atom. The number of hydrogen-bond acceptors (Lipinski definition) is 6. The maximum Gasteiger partial charge on any atom is 0.261 e. The maximum atomic E-state index is 13.0. The van der Waals surface area contributed by atoms with E-state index in [2.05, 4.69) is 10.3 Å². The molecule has 0 saturated heterocycles. The van der Waals surface area contributed by atoms with Gasteiger partial charge in [-0.25, -0.2) is 4.98 Å². The number of aromatic nitrogens is 1. The smallest absolute Gasteiger partial charge is 0.261 e. The van der Waals surface area contributed by atoms with Crippen LogP contribution in [0.25, 0.3) is 11.3 Å². The SMILES string of the molecule is O=C(Nc1nc(-c2ccccc2O)cs1)c1ccccc1CN1C(=O)c2ccccc2C1=O. The summed E-state index contributed by atoms with van der Waals surface area (Å²) in [4.78, 5) is 44.0. The van der Waals surface area contributed by atoms with Crippen LogP contribution < -0.4 is 5.32 Å². The van der Waals surface area contributed by atoms with E-state index in [1.54, 1.807) is 78.2 Å². The van der Waals surface area contributed by atoms with Crippen LogP contribution in [-0.4, -0.2) is 32.7 Å². The molecule has 7 nitrogen and oxygen atoms in total. The highest BCUT2D eigenvalue weighted by molar-refractivity contribution is 7.14. The van der Waals surface area contributed by atoms with Crippen molar-refractivity contribution in [2.45, 2.75) is 6.54 Å². The van der Waals surface area contributed by atoms with Gasteiger partial charge in [-0.05, 0) is 35.9 Å². The number of nitrogens with zero attached hydrogens (tertiary/aromatic N) is 2. The number of para-hydroxylation sites is 1. The van der Waals surface area contributed by atoms with E-state index in [1.807, 2.05) is 0 Å². The van der Waals surface area contributed by atoms with Gasteiger partial charge in [-0.15, -0.1) is 11.3 Å². The number of benzene rings is 3. The van der Waals surface area contributed by atoms with Crippen LogP contribution in [0.2, 0.25) is 0 Å². The molecule has 1 aliphatic rings. The summed E-state index contributed by atoms with van der Waals surface area (Å²) in [5.41, 5.74) is 2.73. The number of anilines is 1. The molecule has 2 N–H and O–H groups in total. The molecule has 162 valence electrons. The van der Waals surface area contributed by atoms with Crippen LogP contribution >= 0.6 is 11.3 Å². The monoisotopic (exact) mass is 455 g/mol. The topological polar surface area (TPSA) is 99.6 Å². The number of rotatable bonds is 5. The minimum atomic E-state index is -0.402. The summed E-state index contributed by atoms with van der Waals surface area (Å²) < 4.78 is 0. The number of fused-ring (bicyclic) bond motifs is 1. The van der Waals surface area contributed by atoms with Gasteiger partial charge in [0.15, 0.2) is 5.13 Å². The fourth-order valence-electron chi connectivity index (χ4n) is 3.74. The first-order valence-electron chi connectivity index (χ1n) is 10.1. The minimum absolute atomic E-state index is 0.0169. The number of phenolic OH excluding ortho intramolecular Hbond substituents is 1. The highest BCUT2D eigenvalue weighted by atomic mass is 32.1. The number of aromatic hydroxyl groups is 1. The van der Waals surface area contributed by atoms with Crippen molar-refractivity contribution in [3.63, 3.8) is 0 Å². The summed E-state index contributed by atoms with van der Waals surface area (Å²) in [7, 11) is 0. The zero-order chi connectivity index (χ0) is 22.9. The molecule has 0 aliphatic carbocycles. The normalized spacial score (nSPS) is 12.7. The van der Waals surface area contributed by atoms with Crippen molar-refractivity contribution in [3.05, 3.63) is 100 Å². The van der Waals surface area contributed by atoms with Gasteiger partial charge >= 0.3 is 0 Å². The molecule has 5 rings (SSSR count). The number of carbonyl (C=O) groups excluding carboxylic acids is 3. The number of hydrogen-bond donors (Lipinski definition) is 2. The zero-order valence-corrected chi connectivity index (χ0v) is 18.0. The predicted molar refractivity (Wildman–Crippen MR) is 124 cm³/mol. The highest BCUT2D eigenvalue weighted by Crippen LogP contribution is 2.31. The summed E-state index contributed by atoms with van der Waals surface area (Å²) >= 11 is 1.23. The third-order valence-corrected chi connectivity index (χ3v) is 6.13. The van der Waals surface area contributed by atoms with Crippen LogP contribution in [0.1, 0.15) is 36.6 Å². The van der Waals surface area contributed by atoms with Crippen LogP contribution in [-0.2, 0) is 6.54 Å². The maximum absolute atomic E-state index is 13.0. The molecule has 4 aromatic rings. The molecule has 1 aliphatic heterocycles. The fourth-order valence-corrected chi connectivity index (χ4v) is 4.45. The molecule has 3 aromatic carbocycles. The lowest BCUT2D eigenvalue weighted by Crippen LogP contribution is -2.30.